The Bertz CT molecular complexity index is 1390. The van der Waals surface area contributed by atoms with Gasteiger partial charge in [0.1, 0.15) is 6.10 Å². The number of rotatable bonds is 7. The van der Waals surface area contributed by atoms with Crippen molar-refractivity contribution in [2.75, 3.05) is 30.3 Å². The molecule has 1 amide bonds. The van der Waals surface area contributed by atoms with Gasteiger partial charge in [-0.05, 0) is 35.9 Å². The van der Waals surface area contributed by atoms with E-state index in [2.05, 4.69) is 32.5 Å². The van der Waals surface area contributed by atoms with Gasteiger partial charge in [0.05, 0.1) is 35.7 Å². The molecule has 2 atom stereocenters. The van der Waals surface area contributed by atoms with Gasteiger partial charge >= 0.3 is 0 Å². The molecule has 5 rings (SSSR count). The molecule has 9 heteroatoms. The van der Waals surface area contributed by atoms with Crippen LogP contribution in [0.1, 0.15) is 11.8 Å². The lowest BCUT2D eigenvalue weighted by atomic mass is 10.0. The number of ether oxygens (including phenoxy) is 1. The molecule has 4 aromatic rings. The molecule has 1 fully saturated rings. The molecule has 182 valence electrons. The third kappa shape index (κ3) is 5.08. The summed E-state index contributed by atoms with van der Waals surface area (Å²) in [7, 11) is 0. The molecule has 1 aliphatic rings. The number of morpholine rings is 1. The number of carbonyl (C=O) groups is 1. The van der Waals surface area contributed by atoms with Crippen LogP contribution in [0.15, 0.2) is 79.6 Å². The molecule has 5 N–H and O–H groups in total. The van der Waals surface area contributed by atoms with E-state index in [-0.39, 0.29) is 18.1 Å². The van der Waals surface area contributed by atoms with E-state index in [1.807, 2.05) is 54.6 Å². The molecule has 36 heavy (non-hydrogen) atoms. The molecule has 0 radical (unpaired) electrons. The van der Waals surface area contributed by atoms with Crippen LogP contribution in [0, 0.1) is 0 Å². The van der Waals surface area contributed by atoms with Gasteiger partial charge in [0.25, 0.3) is 0 Å². The Kier molecular flexibility index (Phi) is 6.94. The summed E-state index contributed by atoms with van der Waals surface area (Å²) in [6, 6.07) is 17.4. The monoisotopic (exact) mass is 481 g/mol. The Labute approximate surface area is 208 Å². The maximum absolute atomic E-state index is 11.7. The molecule has 0 spiro atoms. The number of hydrogen-bond acceptors (Lipinski definition) is 8. The molecule has 1 aliphatic heterocycles. The first kappa shape index (κ1) is 23.6. The van der Waals surface area contributed by atoms with Crippen molar-refractivity contribution in [2.24, 2.45) is 5.73 Å². The van der Waals surface area contributed by atoms with Crippen molar-refractivity contribution in [3.8, 4) is 11.1 Å². The van der Waals surface area contributed by atoms with E-state index in [0.29, 0.717) is 24.8 Å². The lowest BCUT2D eigenvalue weighted by Gasteiger charge is -2.31. The fourth-order valence-corrected chi connectivity index (χ4v) is 4.24. The summed E-state index contributed by atoms with van der Waals surface area (Å²) < 4.78 is 5.89. The van der Waals surface area contributed by atoms with Crippen LogP contribution in [0.3, 0.4) is 0 Å². The van der Waals surface area contributed by atoms with E-state index < -0.39 is 0 Å². The second-order valence-electron chi connectivity index (χ2n) is 8.40. The van der Waals surface area contributed by atoms with Crippen molar-refractivity contribution in [1.29, 1.82) is 0 Å². The van der Waals surface area contributed by atoms with Gasteiger partial charge in [-0.3, -0.25) is 9.78 Å². The highest BCUT2D eigenvalue weighted by Gasteiger charge is 2.27. The van der Waals surface area contributed by atoms with Crippen molar-refractivity contribution >= 4 is 34.1 Å². The van der Waals surface area contributed by atoms with Gasteiger partial charge in [-0.25, -0.2) is 9.97 Å². The van der Waals surface area contributed by atoms with Gasteiger partial charge in [-0.15, -0.1) is 0 Å². The molecular weight excluding hydrogens is 454 g/mol. The minimum Gasteiger partial charge on any atom is -0.369 e. The van der Waals surface area contributed by atoms with Gasteiger partial charge in [0.15, 0.2) is 0 Å². The molecule has 0 aliphatic carbocycles. The van der Waals surface area contributed by atoms with Gasteiger partial charge in [0, 0.05) is 35.9 Å². The highest BCUT2D eigenvalue weighted by atomic mass is 16.5. The van der Waals surface area contributed by atoms with Crippen LogP contribution in [0.2, 0.25) is 0 Å². The normalized spacial score (nSPS) is 17.5. The molecule has 1 unspecified atom stereocenters. The van der Waals surface area contributed by atoms with Crippen molar-refractivity contribution < 1.29 is 9.53 Å². The van der Waals surface area contributed by atoms with Crippen LogP contribution in [-0.2, 0) is 9.53 Å². The second kappa shape index (κ2) is 10.6. The Morgan fingerprint density at radius 2 is 2.03 bits per heavy atom. The van der Waals surface area contributed by atoms with Crippen LogP contribution < -0.4 is 21.7 Å². The molecule has 2 aromatic carbocycles. The van der Waals surface area contributed by atoms with E-state index >= 15 is 0 Å². The van der Waals surface area contributed by atoms with Gasteiger partial charge in [-0.1, -0.05) is 36.9 Å². The van der Waals surface area contributed by atoms with E-state index in [4.69, 9.17) is 15.5 Å². The molecule has 9 nitrogen and oxygen atoms in total. The number of amides is 1. The lowest BCUT2D eigenvalue weighted by Crippen LogP contribution is -2.48. The van der Waals surface area contributed by atoms with Gasteiger partial charge in [0.2, 0.25) is 11.9 Å². The number of nitrogens with zero attached hydrogens (tertiary/aromatic N) is 3. The van der Waals surface area contributed by atoms with E-state index in [1.54, 1.807) is 12.4 Å². The van der Waals surface area contributed by atoms with Crippen LogP contribution in [0.5, 0.6) is 0 Å². The summed E-state index contributed by atoms with van der Waals surface area (Å²) in [6.45, 7) is 5.39. The van der Waals surface area contributed by atoms with E-state index in [9.17, 15) is 4.79 Å². The second-order valence-corrected chi connectivity index (χ2v) is 8.40. The number of fused-ring (bicyclic) bond motifs is 1. The van der Waals surface area contributed by atoms with Crippen molar-refractivity contribution in [2.45, 2.75) is 12.1 Å². The minimum atomic E-state index is -0.261. The van der Waals surface area contributed by atoms with Gasteiger partial charge < -0.3 is 26.4 Å². The number of benzene rings is 2. The number of carbonyl (C=O) groups excluding carboxylic acids is 1. The number of nitrogens with two attached hydrogens (primary N) is 1. The topological polar surface area (TPSA) is 127 Å². The predicted molar refractivity (Wildman–Crippen MR) is 141 cm³/mol. The van der Waals surface area contributed by atoms with Crippen molar-refractivity contribution in [1.82, 2.24) is 20.3 Å². The zero-order chi connectivity index (χ0) is 24.9. The lowest BCUT2D eigenvalue weighted by molar-refractivity contribution is -0.111. The van der Waals surface area contributed by atoms with Crippen LogP contribution >= 0.6 is 0 Å². The third-order valence-corrected chi connectivity index (χ3v) is 6.00. The summed E-state index contributed by atoms with van der Waals surface area (Å²) in [5.74, 6) is 0.194. The molecule has 3 heterocycles. The Morgan fingerprint density at radius 1 is 1.14 bits per heavy atom. The first-order valence-corrected chi connectivity index (χ1v) is 11.7. The van der Waals surface area contributed by atoms with Crippen LogP contribution in [0.25, 0.3) is 22.0 Å². The Hall–Kier alpha value is -4.18. The average molecular weight is 482 g/mol. The third-order valence-electron chi connectivity index (χ3n) is 6.00. The molecule has 2 aromatic heterocycles. The Balaban J connectivity index is 1.40. The zero-order valence-electron chi connectivity index (χ0n) is 19.6. The summed E-state index contributed by atoms with van der Waals surface area (Å²) in [6.07, 6.45) is 4.59. The number of hydrogen-bond donors (Lipinski definition) is 4. The van der Waals surface area contributed by atoms with Gasteiger partial charge in [-0.2, -0.15) is 0 Å². The molecule has 0 saturated carbocycles. The SMILES string of the molecule is C=CC(=O)Nc1cccc(-c2cccc3cnc(Nc4ccc([C@@H]5OCCNC5CN)nc4)nc23)c1. The predicted octanol–water partition coefficient (Wildman–Crippen LogP) is 3.55. The van der Waals surface area contributed by atoms with Crippen LogP contribution in [0.4, 0.5) is 17.3 Å². The minimum absolute atomic E-state index is 0.0379. The van der Waals surface area contributed by atoms with E-state index in [0.717, 1.165) is 40.0 Å². The molecular formula is C27H27N7O2. The smallest absolute Gasteiger partial charge is 0.247 e. The maximum Gasteiger partial charge on any atom is 0.247 e. The largest absolute Gasteiger partial charge is 0.369 e. The first-order chi connectivity index (χ1) is 17.6. The number of nitrogens with one attached hydrogen (secondary N) is 3. The molecule has 0 bridgehead atoms. The van der Waals surface area contributed by atoms with Crippen LogP contribution in [-0.4, -0.2) is 46.6 Å². The summed E-state index contributed by atoms with van der Waals surface area (Å²) in [5, 5.41) is 10.3. The maximum atomic E-state index is 11.7. The standard InChI is InChI=1S/C27H27N7O2/c1-2-24(35)32-19-7-3-5-17(13-19)21-8-4-6-18-15-31-27(34-25(18)21)33-20-9-10-22(30-16-20)26-23(14-28)29-11-12-36-26/h2-10,13,15-16,23,26,29H,1,11-12,14,28H2,(H,32,35)(H,31,33,34)/t23?,26-/m0/s1. The average Bonchev–Trinajstić information content (AvgIpc) is 2.93. The Morgan fingerprint density at radius 3 is 2.83 bits per heavy atom. The number of anilines is 3. The quantitative estimate of drug-likeness (QED) is 0.295. The van der Waals surface area contributed by atoms with Crippen molar-refractivity contribution in [3.63, 3.8) is 0 Å². The number of aromatic nitrogens is 3. The van der Waals surface area contributed by atoms with Crippen molar-refractivity contribution in [3.05, 3.63) is 85.3 Å². The summed E-state index contributed by atoms with van der Waals surface area (Å²) >= 11 is 0. The fraction of sp³-hybridized carbons (Fsp3) is 0.185. The summed E-state index contributed by atoms with van der Waals surface area (Å²) in [4.78, 5) is 25.6. The fourth-order valence-electron chi connectivity index (χ4n) is 4.24. The highest BCUT2D eigenvalue weighted by molar-refractivity contribution is 6.00. The zero-order valence-corrected chi connectivity index (χ0v) is 19.6. The molecule has 1 saturated heterocycles. The van der Waals surface area contributed by atoms with E-state index in [1.165, 1.54) is 6.08 Å². The highest BCUT2D eigenvalue weighted by Crippen LogP contribution is 2.30. The number of para-hydroxylation sites is 1. The number of pyridine rings is 1. The first-order valence-electron chi connectivity index (χ1n) is 11.7. The summed E-state index contributed by atoms with van der Waals surface area (Å²) in [5.41, 5.74) is 10.8.